The van der Waals surface area contributed by atoms with Gasteiger partial charge in [0, 0.05) is 25.6 Å². The summed E-state index contributed by atoms with van der Waals surface area (Å²) in [4.78, 5) is 11.8. The number of hydrogen-bond acceptors (Lipinski definition) is 5. The zero-order chi connectivity index (χ0) is 19.8. The number of ether oxygens (including phenoxy) is 1. The van der Waals surface area contributed by atoms with Crippen LogP contribution in [0, 0.1) is 0 Å². The monoisotopic (exact) mass is 389 g/mol. The van der Waals surface area contributed by atoms with E-state index >= 15 is 0 Å². The van der Waals surface area contributed by atoms with Gasteiger partial charge in [-0.25, -0.2) is 0 Å². The van der Waals surface area contributed by atoms with Gasteiger partial charge in [0.25, 0.3) is 0 Å². The Kier molecular flexibility index (Phi) is 8.16. The fraction of sp³-hybridized carbons (Fsp3) is 0.381. The topological polar surface area (TPSA) is 81.6 Å². The third-order valence-corrected chi connectivity index (χ3v) is 5.28. The molecule has 2 aromatic carbocycles. The number of carbonyl (C=O) groups is 1. The van der Waals surface area contributed by atoms with E-state index < -0.39 is 17.3 Å². The lowest BCUT2D eigenvalue weighted by atomic mass is 10.1. The lowest BCUT2D eigenvalue weighted by Gasteiger charge is -2.22. The normalized spacial score (nSPS) is 14.4. The summed E-state index contributed by atoms with van der Waals surface area (Å²) in [7, 11) is 0. The standard InChI is InChI=1S/C21H27NO4S/c1-15(9-10-17-7-5-4-6-8-17)22-14-20(26-16(2)23)18-11-12-19(24)21(13-18)27(3)25/h4-8,11-13,15,20,22,24H,9-10,14H2,1-3H3. The molecule has 0 fully saturated rings. The number of rotatable bonds is 9. The molecular formula is C21H27NO4S. The van der Waals surface area contributed by atoms with Crippen molar-refractivity contribution in [2.24, 2.45) is 0 Å². The van der Waals surface area contributed by atoms with Gasteiger partial charge in [-0.3, -0.25) is 4.79 Å². The molecule has 0 radical (unpaired) electrons. The molecule has 0 aliphatic heterocycles. The van der Waals surface area contributed by atoms with Gasteiger partial charge in [0.2, 0.25) is 0 Å². The van der Waals surface area contributed by atoms with Gasteiger partial charge in [-0.05, 0) is 48.1 Å². The highest BCUT2D eigenvalue weighted by molar-refractivity contribution is 7.90. The second kappa shape index (κ2) is 10.3. The lowest BCUT2D eigenvalue weighted by molar-refractivity contribution is -0.146. The number of carbonyl (C=O) groups excluding carboxylic acids is 1. The predicted molar refractivity (Wildman–Crippen MR) is 107 cm³/mol. The van der Waals surface area contributed by atoms with Crippen LogP contribution in [0.25, 0.3) is 0 Å². The van der Waals surface area contributed by atoms with Crippen LogP contribution >= 0.6 is 0 Å². The number of aryl methyl sites for hydroxylation is 1. The number of phenols is 1. The van der Waals surface area contributed by atoms with E-state index in [-0.39, 0.29) is 17.8 Å². The summed E-state index contributed by atoms with van der Waals surface area (Å²) in [5.41, 5.74) is 1.99. The minimum atomic E-state index is -1.33. The molecule has 2 aromatic rings. The van der Waals surface area contributed by atoms with Gasteiger partial charge in [0.15, 0.2) is 10.6 Å². The number of aromatic hydroxyl groups is 1. The molecule has 146 valence electrons. The molecule has 3 atom stereocenters. The quantitative estimate of drug-likeness (QED) is 0.508. The first kappa shape index (κ1) is 21.3. The highest BCUT2D eigenvalue weighted by Crippen LogP contribution is 2.28. The molecule has 2 N–H and O–H groups in total. The van der Waals surface area contributed by atoms with E-state index in [0.717, 1.165) is 12.8 Å². The van der Waals surface area contributed by atoms with E-state index in [1.54, 1.807) is 12.1 Å². The summed E-state index contributed by atoms with van der Waals surface area (Å²) in [6, 6.07) is 15.3. The molecule has 2 rings (SSSR count). The molecule has 3 unspecified atom stereocenters. The van der Waals surface area contributed by atoms with Gasteiger partial charge >= 0.3 is 5.97 Å². The minimum absolute atomic E-state index is 0.0228. The molecule has 0 saturated heterocycles. The van der Waals surface area contributed by atoms with Crippen molar-refractivity contribution in [1.82, 2.24) is 5.32 Å². The van der Waals surface area contributed by atoms with Crippen molar-refractivity contribution in [2.75, 3.05) is 12.8 Å². The first-order valence-corrected chi connectivity index (χ1v) is 10.5. The number of nitrogens with one attached hydrogen (secondary N) is 1. The van der Waals surface area contributed by atoms with E-state index in [0.29, 0.717) is 17.0 Å². The fourth-order valence-electron chi connectivity index (χ4n) is 2.83. The Balaban J connectivity index is 2.00. The summed E-state index contributed by atoms with van der Waals surface area (Å²) >= 11 is -1.33. The van der Waals surface area contributed by atoms with Crippen molar-refractivity contribution in [2.45, 2.75) is 43.7 Å². The Morgan fingerprint density at radius 1 is 1.26 bits per heavy atom. The van der Waals surface area contributed by atoms with Gasteiger partial charge in [-0.1, -0.05) is 36.4 Å². The summed E-state index contributed by atoms with van der Waals surface area (Å²) in [6.07, 6.45) is 2.91. The Hall–Kier alpha value is -2.02. The number of benzene rings is 2. The smallest absolute Gasteiger partial charge is 0.303 e. The maximum absolute atomic E-state index is 11.8. The number of esters is 1. The number of hydrogen-bond donors (Lipinski definition) is 2. The Morgan fingerprint density at radius 2 is 1.96 bits per heavy atom. The van der Waals surface area contributed by atoms with Crippen molar-refractivity contribution >= 4 is 17.1 Å². The fourth-order valence-corrected chi connectivity index (χ4v) is 3.49. The molecule has 0 aliphatic carbocycles. The van der Waals surface area contributed by atoms with Crippen molar-refractivity contribution in [3.8, 4) is 5.75 Å². The summed E-state index contributed by atoms with van der Waals surface area (Å²) in [5, 5.41) is 13.3. The van der Waals surface area contributed by atoms with E-state index in [1.807, 2.05) is 18.2 Å². The Morgan fingerprint density at radius 3 is 2.59 bits per heavy atom. The maximum atomic E-state index is 11.8. The average molecular weight is 390 g/mol. The van der Waals surface area contributed by atoms with Crippen LogP contribution in [0.15, 0.2) is 53.4 Å². The van der Waals surface area contributed by atoms with Gasteiger partial charge in [-0.15, -0.1) is 0 Å². The van der Waals surface area contributed by atoms with Gasteiger partial charge in [0.05, 0.1) is 0 Å². The SMILES string of the molecule is CC(=O)OC(CNC(C)CCc1ccccc1)c1ccc(O)c([S+](C)[O-])c1. The molecule has 0 amide bonds. The third-order valence-electron chi connectivity index (χ3n) is 4.33. The molecule has 0 spiro atoms. The van der Waals surface area contributed by atoms with Crippen LogP contribution in [0.3, 0.4) is 0 Å². The second-order valence-electron chi connectivity index (χ2n) is 6.61. The van der Waals surface area contributed by atoms with Crippen molar-refractivity contribution in [3.63, 3.8) is 0 Å². The zero-order valence-corrected chi connectivity index (χ0v) is 16.8. The number of phenolic OH excluding ortho intramolecular Hbond substituents is 1. The van der Waals surface area contributed by atoms with Crippen LogP contribution in [0.2, 0.25) is 0 Å². The van der Waals surface area contributed by atoms with Crippen molar-refractivity contribution in [1.29, 1.82) is 0 Å². The minimum Gasteiger partial charge on any atom is -0.612 e. The van der Waals surface area contributed by atoms with Crippen LogP contribution in [0.4, 0.5) is 0 Å². The molecular weight excluding hydrogens is 362 g/mol. The molecule has 6 heteroatoms. The zero-order valence-electron chi connectivity index (χ0n) is 16.0. The van der Waals surface area contributed by atoms with Crippen LogP contribution < -0.4 is 5.32 Å². The van der Waals surface area contributed by atoms with E-state index in [2.05, 4.69) is 24.4 Å². The molecule has 27 heavy (non-hydrogen) atoms. The van der Waals surface area contributed by atoms with Crippen molar-refractivity contribution in [3.05, 3.63) is 59.7 Å². The van der Waals surface area contributed by atoms with Gasteiger partial charge in [0.1, 0.15) is 12.4 Å². The Bertz CT molecular complexity index is 736. The molecule has 5 nitrogen and oxygen atoms in total. The molecule has 0 aromatic heterocycles. The van der Waals surface area contributed by atoms with Gasteiger partial charge in [-0.2, -0.15) is 0 Å². The van der Waals surface area contributed by atoms with E-state index in [9.17, 15) is 14.5 Å². The molecule has 0 bridgehead atoms. The van der Waals surface area contributed by atoms with Crippen LogP contribution in [0.5, 0.6) is 5.75 Å². The average Bonchev–Trinajstić information content (AvgIpc) is 2.64. The van der Waals surface area contributed by atoms with Gasteiger partial charge < -0.3 is 19.7 Å². The molecule has 0 aliphatic rings. The largest absolute Gasteiger partial charge is 0.612 e. The summed E-state index contributed by atoms with van der Waals surface area (Å²) in [5.74, 6) is -0.406. The third kappa shape index (κ3) is 6.90. The van der Waals surface area contributed by atoms with E-state index in [4.69, 9.17) is 4.74 Å². The predicted octanol–water partition coefficient (Wildman–Crippen LogP) is 3.34. The van der Waals surface area contributed by atoms with Crippen LogP contribution in [-0.4, -0.2) is 34.5 Å². The summed E-state index contributed by atoms with van der Waals surface area (Å²) < 4.78 is 17.2. The Labute approximate surface area is 163 Å². The lowest BCUT2D eigenvalue weighted by Crippen LogP contribution is -2.32. The van der Waals surface area contributed by atoms with Crippen LogP contribution in [-0.2, 0) is 27.1 Å². The first-order valence-electron chi connectivity index (χ1n) is 8.97. The second-order valence-corrected chi connectivity index (χ2v) is 7.96. The van der Waals surface area contributed by atoms with Crippen LogP contribution in [0.1, 0.15) is 37.5 Å². The van der Waals surface area contributed by atoms with Crippen molar-refractivity contribution < 1.29 is 19.2 Å². The molecule has 0 saturated carbocycles. The highest BCUT2D eigenvalue weighted by Gasteiger charge is 2.20. The van der Waals surface area contributed by atoms with E-state index in [1.165, 1.54) is 24.8 Å². The first-order chi connectivity index (χ1) is 12.9. The maximum Gasteiger partial charge on any atom is 0.303 e. The molecule has 0 heterocycles. The highest BCUT2D eigenvalue weighted by atomic mass is 32.2. The summed E-state index contributed by atoms with van der Waals surface area (Å²) in [6.45, 7) is 3.90.